The summed E-state index contributed by atoms with van der Waals surface area (Å²) in [4.78, 5) is 12.4. The second-order valence-electron chi connectivity index (χ2n) is 4.70. The van der Waals surface area contributed by atoms with Crippen LogP contribution in [-0.4, -0.2) is 5.78 Å². The zero-order valence-corrected chi connectivity index (χ0v) is 13.4. The predicted octanol–water partition coefficient (Wildman–Crippen LogP) is 3.71. The molecule has 0 saturated heterocycles. The van der Waals surface area contributed by atoms with Gasteiger partial charge in [-0.2, -0.15) is 0 Å². The Morgan fingerprint density at radius 1 is 0.810 bits per heavy atom. The Morgan fingerprint density at radius 2 is 1.33 bits per heavy atom. The fourth-order valence-electron chi connectivity index (χ4n) is 2.19. The molecule has 3 heteroatoms. The Kier molecular flexibility index (Phi) is 4.28. The Labute approximate surface area is 130 Å². The van der Waals surface area contributed by atoms with E-state index >= 15 is 0 Å². The van der Waals surface area contributed by atoms with Gasteiger partial charge in [-0.15, -0.1) is 11.3 Å². The van der Waals surface area contributed by atoms with Crippen LogP contribution in [0.5, 0.6) is 0 Å². The van der Waals surface area contributed by atoms with Crippen LogP contribution in [0.2, 0.25) is 0 Å². The molecule has 0 bridgehead atoms. The number of carbonyl (C=O) groups excluding carboxylic acids is 1. The van der Waals surface area contributed by atoms with Crippen molar-refractivity contribution < 1.29 is 4.79 Å². The largest absolute Gasteiger partial charge is 0.294 e. The molecule has 0 aliphatic carbocycles. The van der Waals surface area contributed by atoms with Crippen LogP contribution in [-0.2, 0) is 0 Å². The van der Waals surface area contributed by atoms with Crippen molar-refractivity contribution in [2.45, 2.75) is 6.92 Å². The second kappa shape index (κ2) is 6.34. The summed E-state index contributed by atoms with van der Waals surface area (Å²) in [5.41, 5.74) is 0. The topological polar surface area (TPSA) is 17.1 Å². The van der Waals surface area contributed by atoms with Gasteiger partial charge in [0.1, 0.15) is 0 Å². The van der Waals surface area contributed by atoms with Gasteiger partial charge in [0, 0.05) is 4.62 Å². The average molecular weight is 310 g/mol. The van der Waals surface area contributed by atoms with Gasteiger partial charge in [-0.3, -0.25) is 4.79 Å². The summed E-state index contributed by atoms with van der Waals surface area (Å²) in [6.07, 6.45) is 0. The summed E-state index contributed by atoms with van der Waals surface area (Å²) >= 11 is 1.62. The Balaban J connectivity index is 2.10. The first-order valence-corrected chi connectivity index (χ1v) is 8.92. The zero-order chi connectivity index (χ0) is 14.7. The summed E-state index contributed by atoms with van der Waals surface area (Å²) in [6.45, 7) is 1.63. The number of thiophene rings is 1. The van der Waals surface area contributed by atoms with E-state index in [1.54, 1.807) is 18.3 Å². The summed E-state index contributed by atoms with van der Waals surface area (Å²) in [5.74, 6) is 0.141. The molecule has 1 aromatic heterocycles. The highest BCUT2D eigenvalue weighted by molar-refractivity contribution is 7.84. The van der Waals surface area contributed by atoms with Crippen molar-refractivity contribution in [2.24, 2.45) is 0 Å². The Hall–Kier alpha value is -1.76. The van der Waals surface area contributed by atoms with Gasteiger partial charge in [-0.05, 0) is 37.6 Å². The van der Waals surface area contributed by atoms with E-state index in [2.05, 4.69) is 54.6 Å². The molecule has 3 rings (SSSR count). The highest BCUT2D eigenvalue weighted by Gasteiger charge is 2.18. The third kappa shape index (κ3) is 3.12. The number of rotatable bonds is 4. The van der Waals surface area contributed by atoms with Crippen molar-refractivity contribution in [3.8, 4) is 0 Å². The molecule has 0 spiro atoms. The molecule has 0 atom stereocenters. The second-order valence-corrected chi connectivity index (χ2v) is 8.27. The number of carbonyl (C=O) groups is 1. The minimum absolute atomic E-state index is 0.141. The highest BCUT2D eigenvalue weighted by Crippen LogP contribution is 2.35. The number of hydrogen-bond acceptors (Lipinski definition) is 2. The van der Waals surface area contributed by atoms with Gasteiger partial charge in [-0.25, -0.2) is 0 Å². The van der Waals surface area contributed by atoms with Crippen molar-refractivity contribution >= 4 is 40.3 Å². The first kappa shape index (κ1) is 14.2. The fourth-order valence-corrected chi connectivity index (χ4v) is 6.10. The van der Waals surface area contributed by atoms with Gasteiger partial charge in [-0.1, -0.05) is 60.7 Å². The predicted molar refractivity (Wildman–Crippen MR) is 93.0 cm³/mol. The van der Waals surface area contributed by atoms with E-state index in [0.717, 1.165) is 4.88 Å². The molecule has 1 nitrogen and oxygen atoms in total. The third-order valence-corrected chi connectivity index (χ3v) is 7.22. The molecular weight excluding hydrogens is 295 g/mol. The van der Waals surface area contributed by atoms with Crippen molar-refractivity contribution in [3.05, 3.63) is 77.7 Å². The lowest BCUT2D eigenvalue weighted by molar-refractivity contribution is 0.102. The Bertz CT molecular complexity index is 695. The maximum atomic E-state index is 11.6. The van der Waals surface area contributed by atoms with Gasteiger partial charge in [0.25, 0.3) is 0 Å². The van der Waals surface area contributed by atoms with Crippen LogP contribution in [0.3, 0.4) is 0 Å². The summed E-state index contributed by atoms with van der Waals surface area (Å²) < 4.78 is 1.27. The standard InChI is InChI=1S/C18H15OPS/c1-14(19)17-12-13-18(21-17)20(15-8-4-2-5-9-15)16-10-6-3-7-11-16/h2-13H,1H3. The molecule has 0 unspecified atom stereocenters. The molecule has 0 saturated carbocycles. The third-order valence-electron chi connectivity index (χ3n) is 3.19. The summed E-state index contributed by atoms with van der Waals surface area (Å²) in [5, 5.41) is 2.63. The monoisotopic (exact) mass is 310 g/mol. The number of benzene rings is 2. The van der Waals surface area contributed by atoms with E-state index in [1.165, 1.54) is 15.2 Å². The van der Waals surface area contributed by atoms with E-state index < -0.39 is 7.92 Å². The molecule has 0 aliphatic rings. The van der Waals surface area contributed by atoms with E-state index in [4.69, 9.17) is 0 Å². The van der Waals surface area contributed by atoms with Crippen LogP contribution in [0.25, 0.3) is 0 Å². The van der Waals surface area contributed by atoms with E-state index in [0.29, 0.717) is 0 Å². The molecular formula is C18H15OPS. The Morgan fingerprint density at radius 3 is 1.76 bits per heavy atom. The number of ketones is 1. The van der Waals surface area contributed by atoms with Gasteiger partial charge in [0.15, 0.2) is 5.78 Å². The molecule has 3 aromatic rings. The summed E-state index contributed by atoms with van der Waals surface area (Å²) in [7, 11) is -0.584. The maximum Gasteiger partial charge on any atom is 0.169 e. The van der Waals surface area contributed by atoms with Crippen LogP contribution < -0.4 is 15.2 Å². The lowest BCUT2D eigenvalue weighted by Gasteiger charge is -2.16. The van der Waals surface area contributed by atoms with Crippen molar-refractivity contribution in [3.63, 3.8) is 0 Å². The first-order valence-electron chi connectivity index (χ1n) is 6.77. The van der Waals surface area contributed by atoms with Gasteiger partial charge >= 0.3 is 0 Å². The molecule has 1 heterocycles. The van der Waals surface area contributed by atoms with Crippen molar-refractivity contribution in [2.75, 3.05) is 0 Å². The van der Waals surface area contributed by atoms with Gasteiger partial charge in [0.2, 0.25) is 0 Å². The fraction of sp³-hybridized carbons (Fsp3) is 0.0556. The molecule has 104 valence electrons. The minimum Gasteiger partial charge on any atom is -0.294 e. The van der Waals surface area contributed by atoms with E-state index in [1.807, 2.05) is 18.2 Å². The quantitative estimate of drug-likeness (QED) is 0.530. The van der Waals surface area contributed by atoms with Crippen LogP contribution in [0.4, 0.5) is 0 Å². The van der Waals surface area contributed by atoms with Crippen LogP contribution in [0.15, 0.2) is 72.8 Å². The van der Waals surface area contributed by atoms with Gasteiger partial charge < -0.3 is 0 Å². The molecule has 0 amide bonds. The van der Waals surface area contributed by atoms with Crippen LogP contribution in [0.1, 0.15) is 16.6 Å². The average Bonchev–Trinajstić information content (AvgIpc) is 3.00. The number of hydrogen-bond donors (Lipinski definition) is 0. The lowest BCUT2D eigenvalue weighted by atomic mass is 10.4. The van der Waals surface area contributed by atoms with E-state index in [9.17, 15) is 4.79 Å². The molecule has 0 aliphatic heterocycles. The number of Topliss-reactive ketones (excluding diaryl/α,β-unsaturated/α-hetero) is 1. The minimum atomic E-state index is -0.584. The molecule has 0 fully saturated rings. The zero-order valence-electron chi connectivity index (χ0n) is 11.7. The molecule has 0 radical (unpaired) electrons. The van der Waals surface area contributed by atoms with Crippen LogP contribution in [0, 0.1) is 0 Å². The van der Waals surface area contributed by atoms with Crippen LogP contribution >= 0.6 is 19.3 Å². The lowest BCUT2D eigenvalue weighted by Crippen LogP contribution is -2.18. The normalized spacial score (nSPS) is 10.8. The smallest absolute Gasteiger partial charge is 0.169 e. The maximum absolute atomic E-state index is 11.6. The summed E-state index contributed by atoms with van der Waals surface area (Å²) in [6, 6.07) is 25.1. The van der Waals surface area contributed by atoms with E-state index in [-0.39, 0.29) is 5.78 Å². The molecule has 0 N–H and O–H groups in total. The molecule has 21 heavy (non-hydrogen) atoms. The molecule has 2 aromatic carbocycles. The highest BCUT2D eigenvalue weighted by atomic mass is 32.1. The van der Waals surface area contributed by atoms with Crippen molar-refractivity contribution in [1.82, 2.24) is 0 Å². The first-order chi connectivity index (χ1) is 10.3. The SMILES string of the molecule is CC(=O)c1ccc(P(c2ccccc2)c2ccccc2)s1. The van der Waals surface area contributed by atoms with Crippen molar-refractivity contribution in [1.29, 1.82) is 0 Å². The van der Waals surface area contributed by atoms with Gasteiger partial charge in [0.05, 0.1) is 4.88 Å².